The SMILES string of the molecule is ClC1CCN(CCc2ccccc2)C1. The predicted molar refractivity (Wildman–Crippen MR) is 60.8 cm³/mol. The highest BCUT2D eigenvalue weighted by Gasteiger charge is 2.19. The Bertz CT molecular complexity index is 273. The highest BCUT2D eigenvalue weighted by Crippen LogP contribution is 2.14. The van der Waals surface area contributed by atoms with E-state index in [9.17, 15) is 0 Å². The third-order valence-corrected chi connectivity index (χ3v) is 3.13. The number of hydrogen-bond donors (Lipinski definition) is 0. The molecule has 0 saturated carbocycles. The van der Waals surface area contributed by atoms with Crippen LogP contribution in [0.25, 0.3) is 0 Å². The quantitative estimate of drug-likeness (QED) is 0.692. The van der Waals surface area contributed by atoms with Crippen molar-refractivity contribution in [2.45, 2.75) is 18.2 Å². The standard InChI is InChI=1S/C12H16ClN/c13-12-7-9-14(10-12)8-6-11-4-2-1-3-5-11/h1-5,12H,6-10H2. The summed E-state index contributed by atoms with van der Waals surface area (Å²) in [5.41, 5.74) is 1.42. The van der Waals surface area contributed by atoms with Crippen molar-refractivity contribution < 1.29 is 0 Å². The maximum Gasteiger partial charge on any atom is 0.0475 e. The minimum atomic E-state index is 0.380. The van der Waals surface area contributed by atoms with E-state index >= 15 is 0 Å². The van der Waals surface area contributed by atoms with Crippen LogP contribution in [0.3, 0.4) is 0 Å². The van der Waals surface area contributed by atoms with Crippen LogP contribution in [0.4, 0.5) is 0 Å². The Balaban J connectivity index is 1.78. The number of likely N-dealkylation sites (tertiary alicyclic amines) is 1. The number of hydrogen-bond acceptors (Lipinski definition) is 1. The van der Waals surface area contributed by atoms with Gasteiger partial charge >= 0.3 is 0 Å². The van der Waals surface area contributed by atoms with E-state index in [0.29, 0.717) is 5.38 Å². The molecule has 0 amide bonds. The van der Waals surface area contributed by atoms with Gasteiger partial charge in [0, 0.05) is 18.5 Å². The second-order valence-corrected chi connectivity index (χ2v) is 4.54. The van der Waals surface area contributed by atoms with Crippen molar-refractivity contribution in [3.8, 4) is 0 Å². The van der Waals surface area contributed by atoms with Crippen LogP contribution in [0.15, 0.2) is 30.3 Å². The van der Waals surface area contributed by atoms with Crippen LogP contribution in [-0.4, -0.2) is 29.9 Å². The van der Waals surface area contributed by atoms with Gasteiger partial charge in [0.1, 0.15) is 0 Å². The molecule has 14 heavy (non-hydrogen) atoms. The molecule has 1 heterocycles. The molecule has 1 nitrogen and oxygen atoms in total. The van der Waals surface area contributed by atoms with E-state index in [0.717, 1.165) is 25.9 Å². The molecule has 0 bridgehead atoms. The van der Waals surface area contributed by atoms with Crippen LogP contribution in [0.2, 0.25) is 0 Å². The molecule has 76 valence electrons. The predicted octanol–water partition coefficient (Wildman–Crippen LogP) is 2.54. The van der Waals surface area contributed by atoms with E-state index in [-0.39, 0.29) is 0 Å². The van der Waals surface area contributed by atoms with Gasteiger partial charge in [-0.1, -0.05) is 30.3 Å². The van der Waals surface area contributed by atoms with E-state index in [1.807, 2.05) is 0 Å². The first-order valence-corrected chi connectivity index (χ1v) is 5.68. The maximum atomic E-state index is 6.05. The van der Waals surface area contributed by atoms with Gasteiger partial charge in [-0.15, -0.1) is 11.6 Å². The van der Waals surface area contributed by atoms with Gasteiger partial charge < -0.3 is 4.90 Å². The van der Waals surface area contributed by atoms with Gasteiger partial charge in [0.15, 0.2) is 0 Å². The molecule has 0 spiro atoms. The zero-order valence-electron chi connectivity index (χ0n) is 8.32. The highest BCUT2D eigenvalue weighted by atomic mass is 35.5. The first-order valence-electron chi connectivity index (χ1n) is 5.25. The molecule has 1 aliphatic heterocycles. The molecule has 1 saturated heterocycles. The van der Waals surface area contributed by atoms with Gasteiger partial charge in [-0.2, -0.15) is 0 Å². The van der Waals surface area contributed by atoms with Crippen molar-refractivity contribution in [3.05, 3.63) is 35.9 Å². The average Bonchev–Trinajstić information content (AvgIpc) is 2.63. The van der Waals surface area contributed by atoms with Gasteiger partial charge in [0.05, 0.1) is 0 Å². The van der Waals surface area contributed by atoms with Crippen LogP contribution < -0.4 is 0 Å². The van der Waals surface area contributed by atoms with Crippen molar-refractivity contribution in [2.24, 2.45) is 0 Å². The summed E-state index contributed by atoms with van der Waals surface area (Å²) < 4.78 is 0. The summed E-state index contributed by atoms with van der Waals surface area (Å²) in [7, 11) is 0. The van der Waals surface area contributed by atoms with Crippen molar-refractivity contribution in [3.63, 3.8) is 0 Å². The summed E-state index contributed by atoms with van der Waals surface area (Å²) in [5, 5.41) is 0.380. The number of benzene rings is 1. The minimum Gasteiger partial charge on any atom is -0.301 e. The fraction of sp³-hybridized carbons (Fsp3) is 0.500. The molecule has 1 aromatic carbocycles. The Morgan fingerprint density at radius 2 is 2.07 bits per heavy atom. The first kappa shape index (κ1) is 10.0. The topological polar surface area (TPSA) is 3.24 Å². The van der Waals surface area contributed by atoms with E-state index in [2.05, 4.69) is 35.2 Å². The van der Waals surface area contributed by atoms with E-state index < -0.39 is 0 Å². The molecule has 1 unspecified atom stereocenters. The Morgan fingerprint density at radius 3 is 2.71 bits per heavy atom. The number of rotatable bonds is 3. The van der Waals surface area contributed by atoms with Crippen LogP contribution in [0.5, 0.6) is 0 Å². The van der Waals surface area contributed by atoms with Gasteiger partial charge in [0.25, 0.3) is 0 Å². The monoisotopic (exact) mass is 209 g/mol. The van der Waals surface area contributed by atoms with E-state index in [1.54, 1.807) is 0 Å². The fourth-order valence-electron chi connectivity index (χ4n) is 1.92. The molecule has 1 aliphatic rings. The molecule has 2 heteroatoms. The van der Waals surface area contributed by atoms with Gasteiger partial charge in [-0.05, 0) is 24.9 Å². The lowest BCUT2D eigenvalue weighted by molar-refractivity contribution is 0.344. The van der Waals surface area contributed by atoms with Crippen molar-refractivity contribution >= 4 is 11.6 Å². The Kier molecular flexibility index (Phi) is 3.44. The third-order valence-electron chi connectivity index (χ3n) is 2.77. The lowest BCUT2D eigenvalue weighted by Crippen LogP contribution is -2.23. The molecule has 2 rings (SSSR count). The molecule has 0 radical (unpaired) electrons. The van der Waals surface area contributed by atoms with Crippen LogP contribution >= 0.6 is 11.6 Å². The lowest BCUT2D eigenvalue weighted by Gasteiger charge is -2.14. The molecule has 0 aromatic heterocycles. The summed E-state index contributed by atoms with van der Waals surface area (Å²) in [5.74, 6) is 0. The smallest absolute Gasteiger partial charge is 0.0475 e. The van der Waals surface area contributed by atoms with Crippen LogP contribution in [-0.2, 0) is 6.42 Å². The summed E-state index contributed by atoms with van der Waals surface area (Å²) in [6, 6.07) is 10.6. The zero-order valence-corrected chi connectivity index (χ0v) is 9.08. The average molecular weight is 210 g/mol. The minimum absolute atomic E-state index is 0.380. The molecular formula is C12H16ClN. The Hall–Kier alpha value is -0.530. The number of nitrogens with zero attached hydrogens (tertiary/aromatic N) is 1. The Labute approximate surface area is 90.7 Å². The molecular weight excluding hydrogens is 194 g/mol. The fourth-order valence-corrected chi connectivity index (χ4v) is 2.21. The maximum absolute atomic E-state index is 6.05. The first-order chi connectivity index (χ1) is 6.84. The lowest BCUT2D eigenvalue weighted by atomic mass is 10.1. The number of alkyl halides is 1. The molecule has 1 atom stereocenters. The molecule has 0 aliphatic carbocycles. The third kappa shape index (κ3) is 2.73. The zero-order chi connectivity index (χ0) is 9.80. The second-order valence-electron chi connectivity index (χ2n) is 3.92. The van der Waals surface area contributed by atoms with Crippen molar-refractivity contribution in [1.82, 2.24) is 4.90 Å². The number of halogens is 1. The summed E-state index contributed by atoms with van der Waals surface area (Å²) in [6.45, 7) is 3.38. The molecule has 0 N–H and O–H groups in total. The van der Waals surface area contributed by atoms with Gasteiger partial charge in [-0.25, -0.2) is 0 Å². The van der Waals surface area contributed by atoms with E-state index in [4.69, 9.17) is 11.6 Å². The van der Waals surface area contributed by atoms with Gasteiger partial charge in [0.2, 0.25) is 0 Å². The summed E-state index contributed by atoms with van der Waals surface area (Å²) >= 11 is 6.05. The molecule has 1 fully saturated rings. The van der Waals surface area contributed by atoms with Crippen molar-refractivity contribution in [1.29, 1.82) is 0 Å². The highest BCUT2D eigenvalue weighted by molar-refractivity contribution is 6.20. The Morgan fingerprint density at radius 1 is 1.29 bits per heavy atom. The normalized spacial score (nSPS) is 22.8. The summed E-state index contributed by atoms with van der Waals surface area (Å²) in [4.78, 5) is 2.45. The van der Waals surface area contributed by atoms with Crippen molar-refractivity contribution in [2.75, 3.05) is 19.6 Å². The second kappa shape index (κ2) is 4.81. The van der Waals surface area contributed by atoms with E-state index in [1.165, 1.54) is 12.1 Å². The summed E-state index contributed by atoms with van der Waals surface area (Å²) in [6.07, 6.45) is 2.29. The van der Waals surface area contributed by atoms with Gasteiger partial charge in [-0.3, -0.25) is 0 Å². The van der Waals surface area contributed by atoms with Crippen LogP contribution in [0.1, 0.15) is 12.0 Å². The molecule has 1 aromatic rings. The van der Waals surface area contributed by atoms with Crippen LogP contribution in [0, 0.1) is 0 Å². The largest absolute Gasteiger partial charge is 0.301 e.